The summed E-state index contributed by atoms with van der Waals surface area (Å²) in [7, 11) is 5.12. The fourth-order valence-corrected chi connectivity index (χ4v) is 11.6. The van der Waals surface area contributed by atoms with Crippen molar-refractivity contribution < 1.29 is 96.1 Å². The first-order valence-corrected chi connectivity index (χ1v) is 34.2. The number of amides is 13. The zero-order chi connectivity index (χ0) is 76.5. The van der Waals surface area contributed by atoms with Crippen molar-refractivity contribution in [3.63, 3.8) is 0 Å². The van der Waals surface area contributed by atoms with Crippen LogP contribution in [-0.4, -0.2) is 218 Å². The lowest BCUT2D eigenvalue weighted by Gasteiger charge is -2.38. The molecule has 0 aliphatic carbocycles. The molecule has 556 valence electrons. The SMILES string of the molecule is CC[C@H](C)[C@H](NC(=O)C(C)(C)N(C)C)C(=O)N(C)[C@H](C[C@@H](OC(C)=O)c1nc(C(=O)N[C@@H](Cc2ccc3c(c2)NC(=O)C(C)NC(=O)C(C)NC(=O)C(NC(=O)CCN2C(=O)C=CC2=O)C(NC(=O)CCN2C(=O)C=CC2=O)C(=O)CC(C)C(=O)NC(C)C(=O)O3)CC(C)C(=O)O)cs1)C(C)C. The maximum atomic E-state index is 14.5. The molecule has 0 bridgehead atoms. The van der Waals surface area contributed by atoms with Gasteiger partial charge >= 0.3 is 17.9 Å². The number of nitrogens with zero attached hydrogens (tertiary/aromatic N) is 5. The van der Waals surface area contributed by atoms with Gasteiger partial charge in [-0.15, -0.1) is 11.3 Å². The molecule has 33 nitrogen and oxygen atoms in total. The number of Topliss-reactive ketones (excluding diaryl/α,β-unsaturated/α-hetero) is 1. The number of ether oxygens (including phenoxy) is 2. The number of carbonyl (C=O) groups is 17. The van der Waals surface area contributed by atoms with Gasteiger partial charge in [0.15, 0.2) is 17.6 Å². The van der Waals surface area contributed by atoms with E-state index in [0.717, 1.165) is 42.6 Å². The van der Waals surface area contributed by atoms with Gasteiger partial charge in [-0.1, -0.05) is 54.0 Å². The van der Waals surface area contributed by atoms with E-state index in [1.54, 1.807) is 39.9 Å². The van der Waals surface area contributed by atoms with Crippen LogP contribution < -0.4 is 47.3 Å². The Morgan fingerprint density at radius 3 is 1.80 bits per heavy atom. The van der Waals surface area contributed by atoms with Crippen molar-refractivity contribution in [3.05, 3.63) is 64.1 Å². The summed E-state index contributed by atoms with van der Waals surface area (Å²) >= 11 is 0.994. The molecule has 7 unspecified atom stereocenters. The highest BCUT2D eigenvalue weighted by Crippen LogP contribution is 2.33. The maximum absolute atomic E-state index is 14.5. The molecule has 1 aromatic heterocycles. The number of rotatable bonds is 27. The molecule has 102 heavy (non-hydrogen) atoms. The zero-order valence-electron chi connectivity index (χ0n) is 59.8. The third-order valence-electron chi connectivity index (χ3n) is 17.9. The molecule has 3 aliphatic rings. The minimum absolute atomic E-state index is 0.0280. The number of hydrogen-bond donors (Lipinski definition) is 9. The van der Waals surface area contributed by atoms with Crippen LogP contribution in [0.5, 0.6) is 5.75 Å². The molecule has 13 amide bonds. The number of aliphatic carboxylic acids is 1. The second-order valence-corrected chi connectivity index (χ2v) is 27.6. The number of carboxylic acids is 1. The fraction of sp³-hybridized carbons (Fsp3) is 0.559. The van der Waals surface area contributed by atoms with Gasteiger partial charge < -0.3 is 62.0 Å². The summed E-state index contributed by atoms with van der Waals surface area (Å²) in [5.74, 6) is -18.2. The lowest BCUT2D eigenvalue weighted by molar-refractivity contribution is -0.149. The Morgan fingerprint density at radius 2 is 1.27 bits per heavy atom. The van der Waals surface area contributed by atoms with Crippen molar-refractivity contribution in [2.45, 2.75) is 188 Å². The normalized spacial score (nSPS) is 21.3. The summed E-state index contributed by atoms with van der Waals surface area (Å²) in [6.07, 6.45) is 0.913. The summed E-state index contributed by atoms with van der Waals surface area (Å²) in [6.45, 7) is 17.5. The zero-order valence-corrected chi connectivity index (χ0v) is 60.7. The highest BCUT2D eigenvalue weighted by atomic mass is 32.1. The number of carboxylic acid groups (broad SMARTS) is 1. The predicted molar refractivity (Wildman–Crippen MR) is 365 cm³/mol. The Morgan fingerprint density at radius 1 is 0.735 bits per heavy atom. The first kappa shape index (κ1) is 82.5. The van der Waals surface area contributed by atoms with Crippen molar-refractivity contribution in [1.82, 2.24) is 61.8 Å². The average Bonchev–Trinajstić information content (AvgIpc) is 0.865. The Labute approximate surface area is 594 Å². The van der Waals surface area contributed by atoms with E-state index >= 15 is 0 Å². The van der Waals surface area contributed by atoms with E-state index in [2.05, 4.69) is 47.5 Å². The van der Waals surface area contributed by atoms with Crippen LogP contribution >= 0.6 is 11.3 Å². The van der Waals surface area contributed by atoms with Crippen LogP contribution in [0.3, 0.4) is 0 Å². The number of hydrogen-bond acceptors (Lipinski definition) is 22. The highest BCUT2D eigenvalue weighted by molar-refractivity contribution is 7.09. The van der Waals surface area contributed by atoms with Crippen LogP contribution in [0.2, 0.25) is 0 Å². The lowest BCUT2D eigenvalue weighted by Crippen LogP contribution is -2.64. The summed E-state index contributed by atoms with van der Waals surface area (Å²) in [4.78, 5) is 238. The number of nitrogens with one attached hydrogen (secondary N) is 8. The summed E-state index contributed by atoms with van der Waals surface area (Å²) in [5, 5.41) is 32.0. The maximum Gasteiger partial charge on any atom is 0.333 e. The van der Waals surface area contributed by atoms with Crippen LogP contribution in [0.4, 0.5) is 5.69 Å². The number of fused-ring (bicyclic) bond motifs is 1. The first-order valence-electron chi connectivity index (χ1n) is 33.3. The second-order valence-electron chi connectivity index (χ2n) is 26.7. The van der Waals surface area contributed by atoms with Crippen LogP contribution in [0.15, 0.2) is 47.9 Å². The number of esters is 2. The Balaban J connectivity index is 1.44. The van der Waals surface area contributed by atoms with E-state index in [1.807, 2.05) is 27.7 Å². The molecular formula is C68H93N13O20S. The van der Waals surface area contributed by atoms with Gasteiger partial charge in [0, 0.05) is 100 Å². The smallest absolute Gasteiger partial charge is 0.333 e. The van der Waals surface area contributed by atoms with Crippen LogP contribution in [0.25, 0.3) is 0 Å². The molecule has 5 rings (SSSR count). The first-order chi connectivity index (χ1) is 47.6. The molecule has 9 N–H and O–H groups in total. The molecule has 0 spiro atoms. The minimum atomic E-state index is -2.14. The van der Waals surface area contributed by atoms with E-state index in [4.69, 9.17) is 9.47 Å². The molecule has 4 heterocycles. The minimum Gasteiger partial charge on any atom is -0.481 e. The number of benzene rings is 1. The van der Waals surface area contributed by atoms with Gasteiger partial charge in [-0.3, -0.25) is 91.4 Å². The van der Waals surface area contributed by atoms with Gasteiger partial charge in [0.25, 0.3) is 29.5 Å². The predicted octanol–water partition coefficient (Wildman–Crippen LogP) is 0.510. The molecule has 34 heteroatoms. The second kappa shape index (κ2) is 36.5. The number of thiazole rings is 1. The Bertz CT molecular complexity index is 3620. The Kier molecular flexibility index (Phi) is 29.5. The molecule has 0 saturated heterocycles. The molecule has 0 saturated carbocycles. The molecule has 12 atom stereocenters. The summed E-state index contributed by atoms with van der Waals surface area (Å²) in [5.41, 5.74) is -1.01. The molecule has 3 aliphatic heterocycles. The highest BCUT2D eigenvalue weighted by Gasteiger charge is 2.42. The summed E-state index contributed by atoms with van der Waals surface area (Å²) in [6, 6.07) is -7.33. The Hall–Kier alpha value is -10.1. The van der Waals surface area contributed by atoms with Gasteiger partial charge in [-0.25, -0.2) is 9.78 Å². The van der Waals surface area contributed by atoms with E-state index < -0.39 is 193 Å². The number of ketones is 1. The molecular weight excluding hydrogens is 1350 g/mol. The van der Waals surface area contributed by atoms with Crippen molar-refractivity contribution in [3.8, 4) is 5.75 Å². The molecule has 1 aromatic carbocycles. The van der Waals surface area contributed by atoms with Gasteiger partial charge in [0.2, 0.25) is 47.3 Å². The average molecular weight is 1440 g/mol. The number of carbonyl (C=O) groups excluding carboxylic acids is 16. The quantitative estimate of drug-likeness (QED) is 0.0334. The topological polar surface area (TPSA) is 451 Å². The number of likely N-dealkylation sites (N-methyl/N-ethyl adjacent to an activating group) is 2. The standard InChI is InChI=1S/C68H93N13O20S/c1-16-34(4)55(77-67(99)68(11,12)78(13)14)64(95)79(15)45(33(2)3)31-48(100-40(10)82)63-74-44(32-102-63)61(93)72-42(27-36(6)65(96)97)29-41-17-18-47-43(30-41)73-60(92)38(8)69-59(91)37(7)70-62(94)57(76-50(85)24-26-81-53(88)21-22-54(81)89)56(75-49(84)23-25-80-51(86)19-20-52(80)87)46(83)28-35(5)58(90)71-39(9)66(98)101-47/h17-22,30,32-39,42,45,48,55-57H,16,23-29,31H2,1-15H3,(H,69,91)(H,70,94)(H,71,90)(H,72,93)(H,73,92)(H,75,84)(H,76,85)(H,77,99)(H,96,97)/t34-,35?,36?,37?,38?,39?,42+,45+,48+,55-,56?,57?/m0/s1. The van der Waals surface area contributed by atoms with E-state index in [9.17, 15) is 86.6 Å². The molecule has 2 aromatic rings. The number of anilines is 1. The summed E-state index contributed by atoms with van der Waals surface area (Å²) < 4.78 is 11.6. The fourth-order valence-electron chi connectivity index (χ4n) is 10.8. The van der Waals surface area contributed by atoms with E-state index in [-0.39, 0.29) is 65.1 Å². The van der Waals surface area contributed by atoms with Crippen LogP contribution in [0, 0.1) is 23.7 Å². The number of imide groups is 2. The van der Waals surface area contributed by atoms with Gasteiger partial charge in [0.05, 0.1) is 17.1 Å². The van der Waals surface area contributed by atoms with Gasteiger partial charge in [0.1, 0.15) is 47.0 Å². The van der Waals surface area contributed by atoms with Gasteiger partial charge in [-0.2, -0.15) is 0 Å². The van der Waals surface area contributed by atoms with Gasteiger partial charge in [-0.05, 0) is 91.1 Å². The van der Waals surface area contributed by atoms with Crippen LogP contribution in [-0.2, 0) is 87.9 Å². The number of aromatic nitrogens is 1. The third-order valence-corrected chi connectivity index (χ3v) is 18.9. The van der Waals surface area contributed by atoms with E-state index in [1.165, 1.54) is 63.1 Å². The molecule has 0 fully saturated rings. The van der Waals surface area contributed by atoms with Crippen molar-refractivity contribution >= 4 is 118 Å². The molecule has 0 radical (unpaired) electrons. The van der Waals surface area contributed by atoms with Crippen molar-refractivity contribution in [2.75, 3.05) is 39.5 Å². The van der Waals surface area contributed by atoms with Crippen LogP contribution in [0.1, 0.15) is 149 Å². The lowest BCUT2D eigenvalue weighted by atomic mass is 9.92. The monoisotopic (exact) mass is 1440 g/mol. The van der Waals surface area contributed by atoms with Crippen molar-refractivity contribution in [2.24, 2.45) is 23.7 Å². The van der Waals surface area contributed by atoms with E-state index in [0.29, 0.717) is 21.8 Å². The largest absolute Gasteiger partial charge is 0.481 e. The van der Waals surface area contributed by atoms with Crippen molar-refractivity contribution in [1.29, 1.82) is 0 Å². The third kappa shape index (κ3) is 22.4.